The van der Waals surface area contributed by atoms with Crippen molar-refractivity contribution >= 4 is 44.4 Å². The van der Waals surface area contributed by atoms with Crippen molar-refractivity contribution in [2.75, 3.05) is 11.1 Å². The van der Waals surface area contributed by atoms with E-state index in [0.717, 1.165) is 34.2 Å². The Balaban J connectivity index is 1.64. The van der Waals surface area contributed by atoms with Gasteiger partial charge in [-0.2, -0.15) is 0 Å². The molecule has 2 heterocycles. The molecule has 0 aliphatic heterocycles. The van der Waals surface area contributed by atoms with E-state index in [1.165, 1.54) is 23.1 Å². The van der Waals surface area contributed by atoms with Gasteiger partial charge in [0.15, 0.2) is 10.3 Å². The Morgan fingerprint density at radius 2 is 2.12 bits per heavy atom. The molecule has 0 unspecified atom stereocenters. The molecule has 0 aliphatic carbocycles. The molecule has 6 nitrogen and oxygen atoms in total. The summed E-state index contributed by atoms with van der Waals surface area (Å²) in [6.07, 6.45) is 1.00. The van der Waals surface area contributed by atoms with Crippen molar-refractivity contribution in [2.45, 2.75) is 44.8 Å². The fourth-order valence-corrected chi connectivity index (χ4v) is 4.13. The van der Waals surface area contributed by atoms with Crippen LogP contribution < -0.4 is 5.32 Å². The highest BCUT2D eigenvalue weighted by atomic mass is 32.2. The van der Waals surface area contributed by atoms with Gasteiger partial charge in [0, 0.05) is 12.5 Å². The third kappa shape index (κ3) is 4.19. The molecule has 8 heteroatoms. The largest absolute Gasteiger partial charge is 0.306 e. The Morgan fingerprint density at radius 3 is 2.84 bits per heavy atom. The quantitative estimate of drug-likeness (QED) is 0.628. The number of benzene rings is 1. The molecule has 132 valence electrons. The number of rotatable bonds is 7. The van der Waals surface area contributed by atoms with Gasteiger partial charge in [0.05, 0.1) is 16.0 Å². The van der Waals surface area contributed by atoms with E-state index in [1.54, 1.807) is 0 Å². The molecule has 1 amide bonds. The van der Waals surface area contributed by atoms with Crippen LogP contribution in [0.4, 0.5) is 5.13 Å². The van der Waals surface area contributed by atoms with Crippen LogP contribution in [0, 0.1) is 0 Å². The minimum absolute atomic E-state index is 0.0822. The van der Waals surface area contributed by atoms with Crippen LogP contribution in [-0.2, 0) is 11.3 Å². The van der Waals surface area contributed by atoms with Gasteiger partial charge >= 0.3 is 0 Å². The number of carbonyl (C=O) groups excluding carboxylic acids is 1. The Hall–Kier alpha value is -1.93. The minimum atomic E-state index is -0.0822. The summed E-state index contributed by atoms with van der Waals surface area (Å²) < 4.78 is 3.18. The van der Waals surface area contributed by atoms with Gasteiger partial charge in [0.1, 0.15) is 5.82 Å². The van der Waals surface area contributed by atoms with Crippen LogP contribution in [0.15, 0.2) is 29.4 Å². The molecule has 2 aromatic heterocycles. The lowest BCUT2D eigenvalue weighted by Gasteiger charge is -2.10. The van der Waals surface area contributed by atoms with E-state index < -0.39 is 0 Å². The number of thioether (sulfide) groups is 1. The first kappa shape index (κ1) is 17.9. The van der Waals surface area contributed by atoms with Gasteiger partial charge in [-0.3, -0.25) is 4.79 Å². The first-order valence-electron chi connectivity index (χ1n) is 8.29. The molecule has 0 fully saturated rings. The number of para-hydroxylation sites is 1. The highest BCUT2D eigenvalue weighted by Crippen LogP contribution is 2.26. The number of nitrogens with one attached hydrogen (secondary N) is 1. The fraction of sp³-hybridized carbons (Fsp3) is 0.412. The normalized spacial score (nSPS) is 11.4. The van der Waals surface area contributed by atoms with Crippen molar-refractivity contribution in [3.05, 3.63) is 30.1 Å². The Bertz CT molecular complexity index is 838. The van der Waals surface area contributed by atoms with Gasteiger partial charge in [0.2, 0.25) is 5.91 Å². The SMILES string of the molecule is CCCn1c(SCC(=O)Nc2nc3ccccc3s2)nnc1C(C)C. The third-order valence-electron chi connectivity index (χ3n) is 3.58. The molecule has 0 saturated heterocycles. The summed E-state index contributed by atoms with van der Waals surface area (Å²) in [7, 11) is 0. The Kier molecular flexibility index (Phi) is 5.70. The summed E-state index contributed by atoms with van der Waals surface area (Å²) in [6, 6.07) is 7.85. The van der Waals surface area contributed by atoms with E-state index in [1.807, 2.05) is 24.3 Å². The lowest BCUT2D eigenvalue weighted by Crippen LogP contribution is -2.14. The zero-order valence-corrected chi connectivity index (χ0v) is 16.2. The van der Waals surface area contributed by atoms with E-state index in [2.05, 4.69) is 45.8 Å². The second-order valence-corrected chi connectivity index (χ2v) is 7.94. The van der Waals surface area contributed by atoms with Crippen LogP contribution in [0.2, 0.25) is 0 Å². The number of aromatic nitrogens is 4. The van der Waals surface area contributed by atoms with Crippen molar-refractivity contribution in [2.24, 2.45) is 0 Å². The van der Waals surface area contributed by atoms with Crippen LogP contribution in [0.3, 0.4) is 0 Å². The standard InChI is InChI=1S/C17H21N5OS2/c1-4-9-22-15(11(2)3)20-21-17(22)24-10-14(23)19-16-18-12-7-5-6-8-13(12)25-16/h5-8,11H,4,9-10H2,1-3H3,(H,18,19,23). The van der Waals surface area contributed by atoms with Gasteiger partial charge in [0.25, 0.3) is 0 Å². The molecule has 1 aromatic carbocycles. The maximum atomic E-state index is 12.2. The van der Waals surface area contributed by atoms with Gasteiger partial charge < -0.3 is 9.88 Å². The van der Waals surface area contributed by atoms with E-state index in [9.17, 15) is 4.79 Å². The lowest BCUT2D eigenvalue weighted by molar-refractivity contribution is -0.113. The summed E-state index contributed by atoms with van der Waals surface area (Å²) in [6.45, 7) is 7.19. The molecule has 0 radical (unpaired) electrons. The maximum Gasteiger partial charge on any atom is 0.236 e. The van der Waals surface area contributed by atoms with Crippen LogP contribution in [0.25, 0.3) is 10.2 Å². The predicted octanol–water partition coefficient (Wildman–Crippen LogP) is 4.15. The molecular weight excluding hydrogens is 354 g/mol. The summed E-state index contributed by atoms with van der Waals surface area (Å²) >= 11 is 2.89. The number of hydrogen-bond donors (Lipinski definition) is 1. The second kappa shape index (κ2) is 7.97. The van der Waals surface area contributed by atoms with Crippen LogP contribution in [0.5, 0.6) is 0 Å². The zero-order valence-electron chi connectivity index (χ0n) is 14.5. The number of thiazole rings is 1. The van der Waals surface area contributed by atoms with Gasteiger partial charge in [-0.25, -0.2) is 4.98 Å². The molecule has 3 rings (SSSR count). The Morgan fingerprint density at radius 1 is 1.32 bits per heavy atom. The smallest absolute Gasteiger partial charge is 0.236 e. The van der Waals surface area contributed by atoms with E-state index >= 15 is 0 Å². The third-order valence-corrected chi connectivity index (χ3v) is 5.50. The molecule has 3 aromatic rings. The maximum absolute atomic E-state index is 12.2. The van der Waals surface area contributed by atoms with Crippen molar-refractivity contribution in [3.63, 3.8) is 0 Å². The molecular formula is C17H21N5OS2. The monoisotopic (exact) mass is 375 g/mol. The van der Waals surface area contributed by atoms with Gasteiger partial charge in [-0.1, -0.05) is 56.0 Å². The first-order valence-corrected chi connectivity index (χ1v) is 10.1. The van der Waals surface area contributed by atoms with Crippen molar-refractivity contribution in [3.8, 4) is 0 Å². The molecule has 1 N–H and O–H groups in total. The second-order valence-electron chi connectivity index (χ2n) is 5.97. The average Bonchev–Trinajstić information content (AvgIpc) is 3.16. The highest BCUT2D eigenvalue weighted by molar-refractivity contribution is 7.99. The van der Waals surface area contributed by atoms with Gasteiger partial charge in [-0.15, -0.1) is 10.2 Å². The molecule has 0 spiro atoms. The molecule has 0 bridgehead atoms. The molecule has 0 aliphatic rings. The first-order chi connectivity index (χ1) is 12.1. The van der Waals surface area contributed by atoms with Crippen LogP contribution >= 0.6 is 23.1 Å². The van der Waals surface area contributed by atoms with Crippen molar-refractivity contribution < 1.29 is 4.79 Å². The highest BCUT2D eigenvalue weighted by Gasteiger charge is 2.16. The van der Waals surface area contributed by atoms with E-state index in [0.29, 0.717) is 11.0 Å². The number of fused-ring (bicyclic) bond motifs is 1. The van der Waals surface area contributed by atoms with E-state index in [4.69, 9.17) is 0 Å². The predicted molar refractivity (Wildman–Crippen MR) is 103 cm³/mol. The topological polar surface area (TPSA) is 72.7 Å². The summed E-state index contributed by atoms with van der Waals surface area (Å²) in [5, 5.41) is 12.8. The van der Waals surface area contributed by atoms with E-state index in [-0.39, 0.29) is 11.7 Å². The number of hydrogen-bond acceptors (Lipinski definition) is 6. The number of nitrogens with zero attached hydrogens (tertiary/aromatic N) is 4. The minimum Gasteiger partial charge on any atom is -0.306 e. The number of amides is 1. The van der Waals surface area contributed by atoms with Crippen LogP contribution in [-0.4, -0.2) is 31.4 Å². The van der Waals surface area contributed by atoms with Gasteiger partial charge in [-0.05, 0) is 18.6 Å². The molecule has 0 atom stereocenters. The summed E-state index contributed by atoms with van der Waals surface area (Å²) in [4.78, 5) is 16.7. The molecule has 25 heavy (non-hydrogen) atoms. The fourth-order valence-electron chi connectivity index (χ4n) is 2.48. The number of carbonyl (C=O) groups is 1. The summed E-state index contributed by atoms with van der Waals surface area (Å²) in [5.74, 6) is 1.48. The van der Waals surface area contributed by atoms with Crippen molar-refractivity contribution in [1.82, 2.24) is 19.7 Å². The lowest BCUT2D eigenvalue weighted by atomic mass is 10.2. The zero-order chi connectivity index (χ0) is 17.8. The van der Waals surface area contributed by atoms with Crippen LogP contribution in [0.1, 0.15) is 38.9 Å². The number of anilines is 1. The Labute approximate surface area is 155 Å². The average molecular weight is 376 g/mol. The molecule has 0 saturated carbocycles. The summed E-state index contributed by atoms with van der Waals surface area (Å²) in [5.41, 5.74) is 0.903. The van der Waals surface area contributed by atoms with Crippen molar-refractivity contribution in [1.29, 1.82) is 0 Å².